The Labute approximate surface area is 96.8 Å². The number of benzene rings is 1. The zero-order chi connectivity index (χ0) is 12.0. The molecule has 0 spiro atoms. The van der Waals surface area contributed by atoms with Gasteiger partial charge in [-0.3, -0.25) is 5.32 Å². The molecule has 0 unspecified atom stereocenters. The van der Waals surface area contributed by atoms with Crippen LogP contribution in [0.25, 0.3) is 0 Å². The Morgan fingerprint density at radius 1 is 1.31 bits per heavy atom. The van der Waals surface area contributed by atoms with Gasteiger partial charge in [0.25, 0.3) is 0 Å². The van der Waals surface area contributed by atoms with Gasteiger partial charge in [0.15, 0.2) is 0 Å². The number of carbonyl (C=O) groups excluding carboxylic acids is 1. The van der Waals surface area contributed by atoms with Crippen LogP contribution >= 0.6 is 0 Å². The standard InChI is InChI=1S/C13H19NO2/c1-4-10-13(2,3)16-12(15)14-11-8-6-5-7-9-11/h5-9H,4,10H2,1-3H3,(H,14,15). The lowest BCUT2D eigenvalue weighted by Gasteiger charge is -2.24. The number of hydrogen-bond acceptors (Lipinski definition) is 2. The molecule has 16 heavy (non-hydrogen) atoms. The van der Waals surface area contributed by atoms with Gasteiger partial charge in [-0.2, -0.15) is 0 Å². The molecule has 0 atom stereocenters. The molecule has 0 saturated carbocycles. The van der Waals surface area contributed by atoms with E-state index >= 15 is 0 Å². The second kappa shape index (κ2) is 5.54. The zero-order valence-electron chi connectivity index (χ0n) is 10.1. The summed E-state index contributed by atoms with van der Waals surface area (Å²) in [6.07, 6.45) is 1.45. The molecule has 0 aliphatic rings. The molecule has 0 aliphatic carbocycles. The van der Waals surface area contributed by atoms with Crippen molar-refractivity contribution in [2.75, 3.05) is 5.32 Å². The molecule has 0 bridgehead atoms. The quantitative estimate of drug-likeness (QED) is 0.839. The van der Waals surface area contributed by atoms with Crippen molar-refractivity contribution in [3.8, 4) is 0 Å². The average molecular weight is 221 g/mol. The van der Waals surface area contributed by atoms with Crippen molar-refractivity contribution in [2.24, 2.45) is 0 Å². The van der Waals surface area contributed by atoms with Crippen molar-refractivity contribution in [3.63, 3.8) is 0 Å². The van der Waals surface area contributed by atoms with Crippen LogP contribution in [-0.4, -0.2) is 11.7 Å². The first-order chi connectivity index (χ1) is 7.53. The van der Waals surface area contributed by atoms with Crippen molar-refractivity contribution in [1.82, 2.24) is 0 Å². The molecule has 1 N–H and O–H groups in total. The fraction of sp³-hybridized carbons (Fsp3) is 0.462. The third-order valence-electron chi connectivity index (χ3n) is 2.24. The first-order valence-electron chi connectivity index (χ1n) is 5.58. The predicted octanol–water partition coefficient (Wildman–Crippen LogP) is 3.81. The van der Waals surface area contributed by atoms with Gasteiger partial charge >= 0.3 is 6.09 Å². The van der Waals surface area contributed by atoms with E-state index in [1.165, 1.54) is 0 Å². The Morgan fingerprint density at radius 2 is 1.94 bits per heavy atom. The molecular formula is C13H19NO2. The SMILES string of the molecule is CCCC(C)(C)OC(=O)Nc1ccccc1. The molecule has 0 aliphatic heterocycles. The highest BCUT2D eigenvalue weighted by molar-refractivity contribution is 5.84. The Hall–Kier alpha value is -1.51. The molecule has 1 rings (SSSR count). The lowest BCUT2D eigenvalue weighted by atomic mass is 10.0. The molecule has 3 heteroatoms. The molecule has 0 radical (unpaired) electrons. The van der Waals surface area contributed by atoms with Crippen LogP contribution in [0.5, 0.6) is 0 Å². The molecule has 0 aromatic heterocycles. The maximum Gasteiger partial charge on any atom is 0.412 e. The molecule has 88 valence electrons. The van der Waals surface area contributed by atoms with E-state index in [4.69, 9.17) is 4.74 Å². The highest BCUT2D eigenvalue weighted by Crippen LogP contribution is 2.17. The summed E-state index contributed by atoms with van der Waals surface area (Å²) in [5.74, 6) is 0. The maximum absolute atomic E-state index is 11.6. The van der Waals surface area contributed by atoms with Crippen LogP contribution in [0.4, 0.5) is 10.5 Å². The summed E-state index contributed by atoms with van der Waals surface area (Å²) < 4.78 is 5.33. The second-order valence-electron chi connectivity index (χ2n) is 4.39. The summed E-state index contributed by atoms with van der Waals surface area (Å²) in [6.45, 7) is 5.91. The highest BCUT2D eigenvalue weighted by atomic mass is 16.6. The van der Waals surface area contributed by atoms with Gasteiger partial charge in [-0.25, -0.2) is 4.79 Å². The predicted molar refractivity (Wildman–Crippen MR) is 65.5 cm³/mol. The van der Waals surface area contributed by atoms with E-state index in [9.17, 15) is 4.79 Å². The lowest BCUT2D eigenvalue weighted by molar-refractivity contribution is 0.0419. The van der Waals surface area contributed by atoms with Crippen LogP contribution in [-0.2, 0) is 4.74 Å². The summed E-state index contributed by atoms with van der Waals surface area (Å²) in [7, 11) is 0. The molecule has 0 fully saturated rings. The number of amides is 1. The van der Waals surface area contributed by atoms with E-state index < -0.39 is 11.7 Å². The summed E-state index contributed by atoms with van der Waals surface area (Å²) in [4.78, 5) is 11.6. The fourth-order valence-electron chi connectivity index (χ4n) is 1.57. The second-order valence-corrected chi connectivity index (χ2v) is 4.39. The third-order valence-corrected chi connectivity index (χ3v) is 2.24. The van der Waals surface area contributed by atoms with E-state index in [-0.39, 0.29) is 0 Å². The van der Waals surface area contributed by atoms with Crippen LogP contribution < -0.4 is 5.32 Å². The molecular weight excluding hydrogens is 202 g/mol. The number of ether oxygens (including phenoxy) is 1. The van der Waals surface area contributed by atoms with E-state index in [2.05, 4.69) is 12.2 Å². The first kappa shape index (κ1) is 12.6. The van der Waals surface area contributed by atoms with Crippen LogP contribution in [0.1, 0.15) is 33.6 Å². The Morgan fingerprint density at radius 3 is 2.50 bits per heavy atom. The van der Waals surface area contributed by atoms with Gasteiger partial charge in [-0.1, -0.05) is 31.5 Å². The van der Waals surface area contributed by atoms with Crippen molar-refractivity contribution < 1.29 is 9.53 Å². The molecule has 1 aromatic carbocycles. The number of nitrogens with one attached hydrogen (secondary N) is 1. The van der Waals surface area contributed by atoms with Gasteiger partial charge in [0.05, 0.1) is 0 Å². The van der Waals surface area contributed by atoms with E-state index in [1.54, 1.807) is 0 Å². The maximum atomic E-state index is 11.6. The molecule has 3 nitrogen and oxygen atoms in total. The lowest BCUT2D eigenvalue weighted by Crippen LogP contribution is -2.30. The smallest absolute Gasteiger partial charge is 0.412 e. The summed E-state index contributed by atoms with van der Waals surface area (Å²) in [5, 5.41) is 2.70. The van der Waals surface area contributed by atoms with E-state index in [0.29, 0.717) is 0 Å². The number of hydrogen-bond donors (Lipinski definition) is 1. The van der Waals surface area contributed by atoms with Gasteiger partial charge in [-0.05, 0) is 32.4 Å². The van der Waals surface area contributed by atoms with Gasteiger partial charge in [-0.15, -0.1) is 0 Å². The number of para-hydroxylation sites is 1. The molecule has 1 amide bonds. The number of rotatable bonds is 4. The Balaban J connectivity index is 2.48. The molecule has 1 aromatic rings. The average Bonchev–Trinajstić information content (AvgIpc) is 2.17. The summed E-state index contributed by atoms with van der Waals surface area (Å²) in [5.41, 5.74) is 0.341. The van der Waals surface area contributed by atoms with Crippen LogP contribution in [0, 0.1) is 0 Å². The summed E-state index contributed by atoms with van der Waals surface area (Å²) >= 11 is 0. The van der Waals surface area contributed by atoms with Crippen LogP contribution in [0.15, 0.2) is 30.3 Å². The minimum Gasteiger partial charge on any atom is -0.443 e. The van der Waals surface area contributed by atoms with E-state index in [1.807, 2.05) is 44.2 Å². The van der Waals surface area contributed by atoms with Crippen LogP contribution in [0.2, 0.25) is 0 Å². The minimum atomic E-state index is -0.409. The first-order valence-corrected chi connectivity index (χ1v) is 5.58. The normalized spacial score (nSPS) is 10.9. The van der Waals surface area contributed by atoms with Crippen LogP contribution in [0.3, 0.4) is 0 Å². The number of anilines is 1. The molecule has 0 saturated heterocycles. The summed E-state index contributed by atoms with van der Waals surface area (Å²) in [6, 6.07) is 9.29. The van der Waals surface area contributed by atoms with Gasteiger partial charge in [0, 0.05) is 5.69 Å². The highest BCUT2D eigenvalue weighted by Gasteiger charge is 2.21. The van der Waals surface area contributed by atoms with Crippen molar-refractivity contribution in [2.45, 2.75) is 39.2 Å². The topological polar surface area (TPSA) is 38.3 Å². The Bertz CT molecular complexity index is 333. The fourth-order valence-corrected chi connectivity index (χ4v) is 1.57. The van der Waals surface area contributed by atoms with E-state index in [0.717, 1.165) is 18.5 Å². The van der Waals surface area contributed by atoms with Gasteiger partial charge in [0.1, 0.15) is 5.60 Å². The van der Waals surface area contributed by atoms with Crippen molar-refractivity contribution in [1.29, 1.82) is 0 Å². The minimum absolute atomic E-state index is 0.398. The monoisotopic (exact) mass is 221 g/mol. The van der Waals surface area contributed by atoms with Gasteiger partial charge in [0.2, 0.25) is 0 Å². The Kier molecular flexibility index (Phi) is 4.35. The largest absolute Gasteiger partial charge is 0.443 e. The number of carbonyl (C=O) groups is 1. The van der Waals surface area contributed by atoms with Crippen molar-refractivity contribution in [3.05, 3.63) is 30.3 Å². The zero-order valence-corrected chi connectivity index (χ0v) is 10.1. The molecule has 0 heterocycles. The van der Waals surface area contributed by atoms with Crippen molar-refractivity contribution >= 4 is 11.8 Å². The van der Waals surface area contributed by atoms with Gasteiger partial charge < -0.3 is 4.74 Å². The third kappa shape index (κ3) is 4.34.